The Labute approximate surface area is 206 Å². The van der Waals surface area contributed by atoms with E-state index in [1.807, 2.05) is 36.4 Å². The number of nitrogens with zero attached hydrogens (tertiary/aromatic N) is 2. The molecule has 3 aromatic rings. The second kappa shape index (κ2) is 11.7. The van der Waals surface area contributed by atoms with E-state index in [1.54, 1.807) is 0 Å². The van der Waals surface area contributed by atoms with Gasteiger partial charge in [0.05, 0.1) is 12.6 Å². The Kier molecular flexibility index (Phi) is 8.21. The number of carbonyl (C=O) groups is 1. The molecule has 0 aliphatic carbocycles. The Balaban J connectivity index is 1.34. The highest BCUT2D eigenvalue weighted by Crippen LogP contribution is 2.30. The minimum Gasteiger partial charge on any atom is -0.352 e. The van der Waals surface area contributed by atoms with Gasteiger partial charge in [-0.1, -0.05) is 78.0 Å². The number of nitrogens with two attached hydrogens (primary N) is 1. The molecule has 0 spiro atoms. The highest BCUT2D eigenvalue weighted by Gasteiger charge is 2.26. The van der Waals surface area contributed by atoms with Crippen molar-refractivity contribution < 1.29 is 4.79 Å². The number of hydrogen-bond donors (Lipinski definition) is 2. The van der Waals surface area contributed by atoms with Gasteiger partial charge in [0.15, 0.2) is 0 Å². The molecule has 1 aliphatic rings. The number of primary amides is 1. The Bertz CT molecular complexity index is 1130. The first-order chi connectivity index (χ1) is 16.6. The summed E-state index contributed by atoms with van der Waals surface area (Å²) in [6.45, 7) is 5.08. The molecule has 0 unspecified atom stereocenters. The topological polar surface area (TPSA) is 61.6 Å². The Morgan fingerprint density at radius 3 is 2.21 bits per heavy atom. The summed E-state index contributed by atoms with van der Waals surface area (Å²) in [5.41, 5.74) is 9.63. The van der Waals surface area contributed by atoms with Gasteiger partial charge in [-0.25, -0.2) is 4.79 Å². The van der Waals surface area contributed by atoms with Crippen LogP contribution in [0.2, 0.25) is 5.02 Å². The van der Waals surface area contributed by atoms with Crippen LogP contribution in [0.1, 0.15) is 28.3 Å². The number of urea groups is 1. The lowest BCUT2D eigenvalue weighted by Crippen LogP contribution is -2.47. The van der Waals surface area contributed by atoms with E-state index in [-0.39, 0.29) is 6.04 Å². The van der Waals surface area contributed by atoms with Crippen molar-refractivity contribution >= 4 is 17.6 Å². The van der Waals surface area contributed by atoms with Gasteiger partial charge in [0.1, 0.15) is 0 Å². The summed E-state index contributed by atoms with van der Waals surface area (Å²) in [5.74, 6) is 6.55. The van der Waals surface area contributed by atoms with Gasteiger partial charge >= 0.3 is 6.03 Å². The van der Waals surface area contributed by atoms with Gasteiger partial charge < -0.3 is 11.1 Å². The first kappa shape index (κ1) is 23.8. The van der Waals surface area contributed by atoms with Gasteiger partial charge in [-0.15, -0.1) is 0 Å². The second-order valence-corrected chi connectivity index (χ2v) is 8.83. The predicted molar refractivity (Wildman–Crippen MR) is 137 cm³/mol. The van der Waals surface area contributed by atoms with Crippen LogP contribution in [0.3, 0.4) is 0 Å². The van der Waals surface area contributed by atoms with Crippen LogP contribution in [0.15, 0.2) is 78.9 Å². The summed E-state index contributed by atoms with van der Waals surface area (Å²) in [6, 6.07) is 26.4. The Hall–Kier alpha value is -3.30. The fourth-order valence-electron chi connectivity index (χ4n) is 4.22. The fourth-order valence-corrected chi connectivity index (χ4v) is 4.35. The molecule has 1 heterocycles. The molecule has 5 nitrogen and oxygen atoms in total. The molecule has 4 rings (SSSR count). The Morgan fingerprint density at radius 1 is 0.912 bits per heavy atom. The number of amides is 2. The molecule has 0 saturated carbocycles. The van der Waals surface area contributed by atoms with Crippen LogP contribution < -0.4 is 11.1 Å². The highest BCUT2D eigenvalue weighted by atomic mass is 35.5. The fraction of sp³-hybridized carbons (Fsp3) is 0.250. The van der Waals surface area contributed by atoms with E-state index in [9.17, 15) is 4.79 Å². The lowest BCUT2D eigenvalue weighted by atomic mass is 9.96. The van der Waals surface area contributed by atoms with Gasteiger partial charge in [-0.05, 0) is 41.0 Å². The van der Waals surface area contributed by atoms with Crippen molar-refractivity contribution in [3.8, 4) is 11.8 Å². The maximum Gasteiger partial charge on any atom is 0.312 e. The number of nitrogens with one attached hydrogen (secondary N) is 1. The molecule has 1 saturated heterocycles. The molecule has 3 aromatic carbocycles. The van der Waals surface area contributed by atoms with Gasteiger partial charge in [-0.2, -0.15) is 0 Å². The van der Waals surface area contributed by atoms with E-state index in [4.69, 9.17) is 17.3 Å². The van der Waals surface area contributed by atoms with E-state index in [0.717, 1.165) is 48.9 Å². The molecule has 2 amide bonds. The second-order valence-electron chi connectivity index (χ2n) is 8.39. The van der Waals surface area contributed by atoms with Crippen molar-refractivity contribution in [3.05, 3.63) is 106 Å². The van der Waals surface area contributed by atoms with Crippen LogP contribution in [0, 0.1) is 11.8 Å². The standard InChI is InChI=1S/C28H29ClN4O/c29-26-14-12-25(13-15-26)27(24-6-2-1-3-7-24)33-19-17-32(18-20-33)16-4-5-22-8-10-23(11-9-22)21-31-28(30)34/h1-3,6-15,27H,16-21H2,(H3,30,31,34)/t27-/m1/s1. The number of carbonyl (C=O) groups excluding carboxylic acids is 1. The molecule has 6 heteroatoms. The van der Waals surface area contributed by atoms with Crippen molar-refractivity contribution in [2.24, 2.45) is 5.73 Å². The maximum atomic E-state index is 10.8. The summed E-state index contributed by atoms with van der Waals surface area (Å²) in [5, 5.41) is 3.35. The largest absolute Gasteiger partial charge is 0.352 e. The van der Waals surface area contributed by atoms with Crippen LogP contribution >= 0.6 is 11.6 Å². The van der Waals surface area contributed by atoms with Gasteiger partial charge in [0.2, 0.25) is 0 Å². The zero-order chi connectivity index (χ0) is 23.8. The monoisotopic (exact) mass is 472 g/mol. The third kappa shape index (κ3) is 6.61. The van der Waals surface area contributed by atoms with Crippen molar-refractivity contribution in [1.82, 2.24) is 15.1 Å². The molecule has 1 atom stereocenters. The third-order valence-corrected chi connectivity index (χ3v) is 6.28. The van der Waals surface area contributed by atoms with Crippen LogP contribution in [0.4, 0.5) is 4.79 Å². The number of halogens is 1. The van der Waals surface area contributed by atoms with Gasteiger partial charge in [-0.3, -0.25) is 9.80 Å². The maximum absolute atomic E-state index is 10.8. The smallest absolute Gasteiger partial charge is 0.312 e. The van der Waals surface area contributed by atoms with E-state index in [2.05, 4.69) is 69.4 Å². The molecule has 0 aromatic heterocycles. The molecule has 3 N–H and O–H groups in total. The normalized spacial score (nSPS) is 15.2. The quantitative estimate of drug-likeness (QED) is 0.527. The summed E-state index contributed by atoms with van der Waals surface area (Å²) >= 11 is 6.14. The zero-order valence-corrected chi connectivity index (χ0v) is 19.8. The van der Waals surface area contributed by atoms with Crippen molar-refractivity contribution in [3.63, 3.8) is 0 Å². The summed E-state index contributed by atoms with van der Waals surface area (Å²) in [4.78, 5) is 15.8. The van der Waals surface area contributed by atoms with Crippen molar-refractivity contribution in [2.75, 3.05) is 32.7 Å². The average molecular weight is 473 g/mol. The number of benzene rings is 3. The summed E-state index contributed by atoms with van der Waals surface area (Å²) in [7, 11) is 0. The highest BCUT2D eigenvalue weighted by molar-refractivity contribution is 6.30. The first-order valence-electron chi connectivity index (χ1n) is 11.5. The minimum atomic E-state index is -0.521. The van der Waals surface area contributed by atoms with Crippen LogP contribution in [-0.2, 0) is 6.54 Å². The van der Waals surface area contributed by atoms with Gasteiger partial charge in [0.25, 0.3) is 0 Å². The molecule has 0 bridgehead atoms. The number of hydrogen-bond acceptors (Lipinski definition) is 3. The minimum absolute atomic E-state index is 0.217. The molecular weight excluding hydrogens is 444 g/mol. The van der Waals surface area contributed by atoms with E-state index in [0.29, 0.717) is 6.54 Å². The predicted octanol–water partition coefficient (Wildman–Crippen LogP) is 4.27. The first-order valence-corrected chi connectivity index (χ1v) is 11.8. The third-order valence-electron chi connectivity index (χ3n) is 6.03. The summed E-state index contributed by atoms with van der Waals surface area (Å²) < 4.78 is 0. The molecule has 1 fully saturated rings. The van der Waals surface area contributed by atoms with Gasteiger partial charge in [0, 0.05) is 43.3 Å². The van der Waals surface area contributed by atoms with E-state index < -0.39 is 6.03 Å². The lowest BCUT2D eigenvalue weighted by Gasteiger charge is -2.39. The molecule has 34 heavy (non-hydrogen) atoms. The number of rotatable bonds is 6. The SMILES string of the molecule is NC(=O)NCc1ccc(C#CCN2CCN([C@H](c3ccccc3)c3ccc(Cl)cc3)CC2)cc1. The average Bonchev–Trinajstić information content (AvgIpc) is 2.86. The van der Waals surface area contributed by atoms with Crippen LogP contribution in [0.5, 0.6) is 0 Å². The molecule has 174 valence electrons. The number of piperazine rings is 1. The van der Waals surface area contributed by atoms with Crippen LogP contribution in [0.25, 0.3) is 0 Å². The van der Waals surface area contributed by atoms with Crippen LogP contribution in [-0.4, -0.2) is 48.6 Å². The molecular formula is C28H29ClN4O. The van der Waals surface area contributed by atoms with Crippen molar-refractivity contribution in [1.29, 1.82) is 0 Å². The van der Waals surface area contributed by atoms with Crippen molar-refractivity contribution in [2.45, 2.75) is 12.6 Å². The van der Waals surface area contributed by atoms with E-state index >= 15 is 0 Å². The molecule has 0 radical (unpaired) electrons. The van der Waals surface area contributed by atoms with E-state index in [1.165, 1.54) is 11.1 Å². The molecule has 1 aliphatic heterocycles. The zero-order valence-electron chi connectivity index (χ0n) is 19.1. The Morgan fingerprint density at radius 2 is 1.56 bits per heavy atom. The lowest BCUT2D eigenvalue weighted by molar-refractivity contribution is 0.119. The summed E-state index contributed by atoms with van der Waals surface area (Å²) in [6.07, 6.45) is 0.